The Morgan fingerprint density at radius 2 is 2.50 bits per heavy atom. The van der Waals surface area contributed by atoms with Crippen molar-refractivity contribution in [1.29, 1.82) is 0 Å². The average molecular weight is 136 g/mol. The third-order valence-electron chi connectivity index (χ3n) is 1.11. The highest BCUT2D eigenvalue weighted by Gasteiger charge is 1.90. The van der Waals surface area contributed by atoms with E-state index in [1.807, 2.05) is 13.0 Å². The molecule has 0 amide bonds. The van der Waals surface area contributed by atoms with Gasteiger partial charge in [0.15, 0.2) is 0 Å². The van der Waals surface area contributed by atoms with Crippen molar-refractivity contribution in [2.45, 2.75) is 6.92 Å². The van der Waals surface area contributed by atoms with E-state index in [2.05, 4.69) is 6.07 Å². The number of hydrogen-bond donors (Lipinski definition) is 1. The maximum atomic E-state index is 5.45. The summed E-state index contributed by atoms with van der Waals surface area (Å²) >= 11 is 0. The van der Waals surface area contributed by atoms with Crippen molar-refractivity contribution in [2.75, 3.05) is 12.3 Å². The third-order valence-corrected chi connectivity index (χ3v) is 1.11. The zero-order valence-electron chi connectivity index (χ0n) is 5.92. The van der Waals surface area contributed by atoms with E-state index in [1.165, 1.54) is 0 Å². The van der Waals surface area contributed by atoms with Gasteiger partial charge in [-0.15, -0.1) is 0 Å². The van der Waals surface area contributed by atoms with Crippen LogP contribution in [0.2, 0.25) is 0 Å². The molecule has 0 aliphatic heterocycles. The van der Waals surface area contributed by atoms with E-state index in [0.29, 0.717) is 12.3 Å². The largest absolute Gasteiger partial charge is 0.494 e. The number of hydrogen-bond acceptors (Lipinski definition) is 2. The first-order chi connectivity index (χ1) is 4.83. The van der Waals surface area contributed by atoms with Gasteiger partial charge in [-0.05, 0) is 19.1 Å². The third kappa shape index (κ3) is 1.65. The summed E-state index contributed by atoms with van der Waals surface area (Å²) in [6.45, 7) is 2.61. The topological polar surface area (TPSA) is 35.2 Å². The molecule has 0 spiro atoms. The smallest absolute Gasteiger partial charge is 0.121 e. The van der Waals surface area contributed by atoms with Crippen LogP contribution in [0.4, 0.5) is 5.69 Å². The minimum Gasteiger partial charge on any atom is -0.494 e. The number of nitrogens with two attached hydrogens (primary N) is 1. The molecule has 10 heavy (non-hydrogen) atoms. The molecule has 0 saturated heterocycles. The van der Waals surface area contributed by atoms with Gasteiger partial charge in [0.2, 0.25) is 0 Å². The molecule has 1 radical (unpaired) electrons. The molecule has 0 aliphatic rings. The van der Waals surface area contributed by atoms with E-state index < -0.39 is 0 Å². The Labute approximate surface area is 60.6 Å². The fourth-order valence-electron chi connectivity index (χ4n) is 0.720. The summed E-state index contributed by atoms with van der Waals surface area (Å²) in [6.07, 6.45) is 0. The Bertz CT molecular complexity index is 210. The number of benzene rings is 1. The lowest BCUT2D eigenvalue weighted by Gasteiger charge is -2.01. The second-order valence-electron chi connectivity index (χ2n) is 1.91. The molecular formula is C8H10NO. The van der Waals surface area contributed by atoms with Gasteiger partial charge in [-0.2, -0.15) is 0 Å². The average Bonchev–Trinajstić information content (AvgIpc) is 1.88. The van der Waals surface area contributed by atoms with Gasteiger partial charge in [-0.25, -0.2) is 0 Å². The molecule has 0 heterocycles. The maximum Gasteiger partial charge on any atom is 0.121 e. The van der Waals surface area contributed by atoms with Crippen LogP contribution in [0.1, 0.15) is 6.92 Å². The van der Waals surface area contributed by atoms with Gasteiger partial charge in [-0.1, -0.05) is 0 Å². The van der Waals surface area contributed by atoms with Crippen molar-refractivity contribution in [3.63, 3.8) is 0 Å². The van der Waals surface area contributed by atoms with E-state index in [0.717, 1.165) is 5.75 Å². The number of nitrogen functional groups attached to an aromatic ring is 1. The maximum absolute atomic E-state index is 5.45. The van der Waals surface area contributed by atoms with Gasteiger partial charge in [-0.3, -0.25) is 0 Å². The normalized spacial score (nSPS) is 9.30. The molecule has 0 saturated carbocycles. The second-order valence-corrected chi connectivity index (χ2v) is 1.91. The van der Waals surface area contributed by atoms with Crippen LogP contribution in [-0.4, -0.2) is 6.61 Å². The summed E-state index contributed by atoms with van der Waals surface area (Å²) < 4.78 is 5.19. The summed E-state index contributed by atoms with van der Waals surface area (Å²) in [4.78, 5) is 0. The lowest BCUT2D eigenvalue weighted by Crippen LogP contribution is -1.92. The monoisotopic (exact) mass is 136 g/mol. The number of ether oxygens (including phenoxy) is 1. The Kier molecular flexibility index (Phi) is 2.15. The molecule has 0 aromatic heterocycles. The van der Waals surface area contributed by atoms with E-state index in [4.69, 9.17) is 10.5 Å². The minimum absolute atomic E-state index is 0.617. The van der Waals surface area contributed by atoms with Crippen molar-refractivity contribution >= 4 is 5.69 Å². The van der Waals surface area contributed by atoms with Gasteiger partial charge in [0.25, 0.3) is 0 Å². The molecule has 1 aromatic carbocycles. The fraction of sp³-hybridized carbons (Fsp3) is 0.250. The Balaban J connectivity index is 2.75. The lowest BCUT2D eigenvalue weighted by atomic mass is 10.3. The van der Waals surface area contributed by atoms with Crippen LogP contribution in [0.25, 0.3) is 0 Å². The minimum atomic E-state index is 0.617. The zero-order valence-corrected chi connectivity index (χ0v) is 5.92. The van der Waals surface area contributed by atoms with Crippen molar-refractivity contribution in [3.05, 3.63) is 24.3 Å². The highest BCUT2D eigenvalue weighted by molar-refractivity contribution is 5.42. The molecule has 2 nitrogen and oxygen atoms in total. The summed E-state index contributed by atoms with van der Waals surface area (Å²) in [5.41, 5.74) is 6.07. The fourth-order valence-corrected chi connectivity index (χ4v) is 0.720. The van der Waals surface area contributed by atoms with Crippen molar-refractivity contribution in [2.24, 2.45) is 0 Å². The van der Waals surface area contributed by atoms with Crippen molar-refractivity contribution < 1.29 is 4.74 Å². The second kappa shape index (κ2) is 3.11. The lowest BCUT2D eigenvalue weighted by molar-refractivity contribution is 0.340. The van der Waals surface area contributed by atoms with Crippen LogP contribution in [0.5, 0.6) is 5.75 Å². The van der Waals surface area contributed by atoms with Gasteiger partial charge in [0.05, 0.1) is 6.61 Å². The first-order valence-electron chi connectivity index (χ1n) is 3.23. The Hall–Kier alpha value is -1.18. The Morgan fingerprint density at radius 1 is 1.70 bits per heavy atom. The van der Waals surface area contributed by atoms with E-state index in [9.17, 15) is 0 Å². The van der Waals surface area contributed by atoms with Crippen LogP contribution < -0.4 is 10.5 Å². The quantitative estimate of drug-likeness (QED) is 0.625. The summed E-state index contributed by atoms with van der Waals surface area (Å²) in [5.74, 6) is 0.804. The Morgan fingerprint density at radius 3 is 3.10 bits per heavy atom. The van der Waals surface area contributed by atoms with Gasteiger partial charge in [0.1, 0.15) is 5.75 Å². The molecule has 0 atom stereocenters. The molecule has 1 aromatic rings. The molecule has 53 valence electrons. The van der Waals surface area contributed by atoms with Crippen molar-refractivity contribution in [1.82, 2.24) is 0 Å². The van der Waals surface area contributed by atoms with E-state index in [1.54, 1.807) is 12.1 Å². The summed E-state index contributed by atoms with van der Waals surface area (Å²) in [6, 6.07) is 8.16. The predicted molar refractivity (Wildman–Crippen MR) is 40.9 cm³/mol. The van der Waals surface area contributed by atoms with Gasteiger partial charge < -0.3 is 10.5 Å². The molecular weight excluding hydrogens is 126 g/mol. The standard InChI is InChI=1S/C8H10NO/c1-2-10-8-5-3-4-7(9)6-8/h3,5-6H,2,9H2,1H3. The molecule has 2 heteroatoms. The summed E-state index contributed by atoms with van der Waals surface area (Å²) in [5, 5.41) is 0. The first kappa shape index (κ1) is 6.93. The van der Waals surface area contributed by atoms with Crippen LogP contribution in [0.3, 0.4) is 0 Å². The highest BCUT2D eigenvalue weighted by Crippen LogP contribution is 2.13. The van der Waals surface area contributed by atoms with Gasteiger partial charge >= 0.3 is 0 Å². The SMILES string of the molecule is CCOc1cc[c]c(N)c1. The van der Waals surface area contributed by atoms with Crippen LogP contribution in [0, 0.1) is 6.07 Å². The van der Waals surface area contributed by atoms with E-state index in [-0.39, 0.29) is 0 Å². The zero-order chi connectivity index (χ0) is 7.40. The van der Waals surface area contributed by atoms with Crippen LogP contribution >= 0.6 is 0 Å². The number of anilines is 1. The predicted octanol–water partition coefficient (Wildman–Crippen LogP) is 1.47. The molecule has 2 N–H and O–H groups in total. The molecule has 0 bridgehead atoms. The molecule has 1 rings (SSSR count). The molecule has 0 fully saturated rings. The molecule has 0 unspecified atom stereocenters. The van der Waals surface area contributed by atoms with Crippen molar-refractivity contribution in [3.8, 4) is 5.75 Å². The number of rotatable bonds is 2. The molecule has 0 aliphatic carbocycles. The van der Waals surface area contributed by atoms with Gasteiger partial charge in [0, 0.05) is 17.8 Å². The summed E-state index contributed by atoms with van der Waals surface area (Å²) in [7, 11) is 0. The first-order valence-corrected chi connectivity index (χ1v) is 3.23. The van der Waals surface area contributed by atoms with Crippen LogP contribution in [-0.2, 0) is 0 Å². The van der Waals surface area contributed by atoms with E-state index >= 15 is 0 Å². The highest BCUT2D eigenvalue weighted by atomic mass is 16.5. The van der Waals surface area contributed by atoms with Crippen LogP contribution in [0.15, 0.2) is 18.2 Å².